The number of piperazine rings is 1. The predicted molar refractivity (Wildman–Crippen MR) is 135 cm³/mol. The Balaban J connectivity index is 1.24. The normalized spacial score (nSPS) is 24.3. The summed E-state index contributed by atoms with van der Waals surface area (Å²) in [5, 5.41) is 14.6. The van der Waals surface area contributed by atoms with Crippen molar-refractivity contribution in [3.8, 4) is 0 Å². The third-order valence-corrected chi connectivity index (χ3v) is 8.53. The molecule has 2 aliphatic carbocycles. The van der Waals surface area contributed by atoms with Crippen LogP contribution in [-0.2, 0) is 14.4 Å². The van der Waals surface area contributed by atoms with Gasteiger partial charge < -0.3 is 10.2 Å². The van der Waals surface area contributed by atoms with Crippen LogP contribution in [0.2, 0.25) is 0 Å². The minimum absolute atomic E-state index is 0.0901. The lowest BCUT2D eigenvalue weighted by molar-refractivity contribution is -0.159. The Morgan fingerprint density at radius 1 is 1.30 bits per heavy atom. The van der Waals surface area contributed by atoms with Gasteiger partial charge in [0.2, 0.25) is 24.2 Å². The van der Waals surface area contributed by atoms with Crippen LogP contribution in [0.15, 0.2) is 12.3 Å². The Morgan fingerprint density at radius 3 is 2.81 bits per heavy atom. The van der Waals surface area contributed by atoms with Crippen molar-refractivity contribution in [2.24, 2.45) is 11.8 Å². The van der Waals surface area contributed by atoms with Crippen LogP contribution in [0.5, 0.6) is 0 Å². The molecular weight excluding hydrogens is 476 g/mol. The van der Waals surface area contributed by atoms with Gasteiger partial charge in [-0.15, -0.1) is 0 Å². The van der Waals surface area contributed by atoms with Gasteiger partial charge in [-0.05, 0) is 44.7 Å². The van der Waals surface area contributed by atoms with E-state index in [0.717, 1.165) is 45.3 Å². The van der Waals surface area contributed by atoms with E-state index >= 15 is 0 Å². The number of amides is 3. The molecule has 0 bridgehead atoms. The predicted octanol–water partition coefficient (Wildman–Crippen LogP) is 0.849. The summed E-state index contributed by atoms with van der Waals surface area (Å²) in [5.74, 6) is 0.202. The zero-order valence-corrected chi connectivity index (χ0v) is 21.5. The number of nitrogens with zero attached hydrogens (tertiary/aromatic N) is 6. The maximum atomic E-state index is 13.5. The molecule has 4 aliphatic rings. The Labute approximate surface area is 217 Å². The highest BCUT2D eigenvalue weighted by atomic mass is 16.5. The van der Waals surface area contributed by atoms with E-state index in [1.165, 1.54) is 17.9 Å². The third-order valence-electron chi connectivity index (χ3n) is 8.53. The maximum absolute atomic E-state index is 13.5. The number of hydrazine groups is 1. The number of hydroxylamine groups is 2. The second kappa shape index (κ2) is 10.9. The van der Waals surface area contributed by atoms with Crippen molar-refractivity contribution in [3.05, 3.63) is 12.3 Å². The second-order valence-electron chi connectivity index (χ2n) is 11.0. The molecule has 37 heavy (non-hydrogen) atoms. The van der Waals surface area contributed by atoms with E-state index < -0.39 is 12.0 Å². The van der Waals surface area contributed by atoms with E-state index in [2.05, 4.69) is 37.6 Å². The lowest BCUT2D eigenvalue weighted by Crippen LogP contribution is -2.53. The fourth-order valence-electron chi connectivity index (χ4n) is 6.11. The average molecular weight is 515 g/mol. The molecule has 3 heterocycles. The van der Waals surface area contributed by atoms with Crippen molar-refractivity contribution in [2.45, 2.75) is 62.9 Å². The van der Waals surface area contributed by atoms with E-state index in [1.807, 2.05) is 0 Å². The zero-order chi connectivity index (χ0) is 26.0. The number of nitrogens with one attached hydrogen (secondary N) is 2. The molecule has 12 nitrogen and oxygen atoms in total. The fraction of sp³-hybridized carbons (Fsp3) is 0.720. The molecule has 4 fully saturated rings. The van der Waals surface area contributed by atoms with Crippen molar-refractivity contribution in [2.75, 3.05) is 50.0 Å². The number of aromatic nitrogens is 2. The van der Waals surface area contributed by atoms with Crippen LogP contribution >= 0.6 is 0 Å². The molecule has 5 rings (SSSR count). The summed E-state index contributed by atoms with van der Waals surface area (Å²) in [5.41, 5.74) is 3.26. The molecule has 2 saturated carbocycles. The molecule has 202 valence electrons. The van der Waals surface area contributed by atoms with Gasteiger partial charge in [-0.25, -0.2) is 15.5 Å². The van der Waals surface area contributed by atoms with Gasteiger partial charge in [0.1, 0.15) is 11.9 Å². The summed E-state index contributed by atoms with van der Waals surface area (Å²) in [6, 6.07) is 0.953. The summed E-state index contributed by atoms with van der Waals surface area (Å²) in [6.07, 6.45) is 9.70. The van der Waals surface area contributed by atoms with Crippen molar-refractivity contribution in [3.63, 3.8) is 0 Å². The molecule has 1 aromatic heterocycles. The van der Waals surface area contributed by atoms with Gasteiger partial charge in [0.15, 0.2) is 0 Å². The molecular formula is C25H38N8O4. The van der Waals surface area contributed by atoms with E-state index in [0.29, 0.717) is 48.5 Å². The first-order chi connectivity index (χ1) is 17.9. The monoisotopic (exact) mass is 514 g/mol. The molecule has 12 heteroatoms. The molecule has 2 atom stereocenters. The third kappa shape index (κ3) is 5.70. The van der Waals surface area contributed by atoms with Crippen LogP contribution in [0.1, 0.15) is 51.4 Å². The van der Waals surface area contributed by atoms with Gasteiger partial charge in [0, 0.05) is 37.9 Å². The van der Waals surface area contributed by atoms with E-state index in [1.54, 1.807) is 12.3 Å². The van der Waals surface area contributed by atoms with Gasteiger partial charge in [-0.2, -0.15) is 4.98 Å². The van der Waals surface area contributed by atoms with Gasteiger partial charge in [0.25, 0.3) is 0 Å². The summed E-state index contributed by atoms with van der Waals surface area (Å²) in [4.78, 5) is 51.5. The Bertz CT molecular complexity index is 999. The highest BCUT2D eigenvalue weighted by Gasteiger charge is 2.50. The molecule has 3 N–H and O–H groups in total. The summed E-state index contributed by atoms with van der Waals surface area (Å²) < 4.78 is 0. The second-order valence-corrected chi connectivity index (χ2v) is 11.0. The Kier molecular flexibility index (Phi) is 7.59. The molecule has 2 aliphatic heterocycles. The SMILES string of the molecule is CN1CCN(c2nccc(NC(=O)C3CCNN3C(=O)C(CC3CCCC3)CN(O)C=O)n2)CC12CC2. The van der Waals surface area contributed by atoms with Gasteiger partial charge in [0.05, 0.1) is 12.5 Å². The minimum Gasteiger partial charge on any atom is -0.338 e. The topological polar surface area (TPSA) is 134 Å². The highest BCUT2D eigenvalue weighted by molar-refractivity contribution is 5.97. The first kappa shape index (κ1) is 25.8. The molecule has 2 unspecified atom stereocenters. The van der Waals surface area contributed by atoms with E-state index in [4.69, 9.17) is 0 Å². The minimum atomic E-state index is -0.710. The van der Waals surface area contributed by atoms with Crippen molar-refractivity contribution in [1.29, 1.82) is 0 Å². The fourth-order valence-corrected chi connectivity index (χ4v) is 6.11. The van der Waals surface area contributed by atoms with Gasteiger partial charge >= 0.3 is 0 Å². The van der Waals surface area contributed by atoms with Crippen LogP contribution in [0, 0.1) is 11.8 Å². The Morgan fingerprint density at radius 2 is 2.08 bits per heavy atom. The van der Waals surface area contributed by atoms with Crippen LogP contribution in [0.3, 0.4) is 0 Å². The largest absolute Gasteiger partial charge is 0.338 e. The molecule has 0 radical (unpaired) electrons. The van der Waals surface area contributed by atoms with Crippen LogP contribution < -0.4 is 15.6 Å². The van der Waals surface area contributed by atoms with Crippen molar-refractivity contribution < 1.29 is 19.6 Å². The lowest BCUT2D eigenvalue weighted by Gasteiger charge is -2.40. The van der Waals surface area contributed by atoms with Crippen molar-refractivity contribution >= 4 is 30.0 Å². The van der Waals surface area contributed by atoms with Crippen LogP contribution in [0.25, 0.3) is 0 Å². The summed E-state index contributed by atoms with van der Waals surface area (Å²) in [7, 11) is 2.17. The van der Waals surface area contributed by atoms with Crippen LogP contribution in [0.4, 0.5) is 11.8 Å². The number of carbonyl (C=O) groups is 3. The number of carbonyl (C=O) groups excluding carboxylic acids is 3. The lowest BCUT2D eigenvalue weighted by atomic mass is 9.92. The maximum Gasteiger partial charge on any atom is 0.250 e. The first-order valence-electron chi connectivity index (χ1n) is 13.5. The number of rotatable bonds is 9. The smallest absolute Gasteiger partial charge is 0.250 e. The number of likely N-dealkylation sites (N-methyl/N-ethyl adjacent to an activating group) is 1. The van der Waals surface area contributed by atoms with Gasteiger partial charge in [-0.3, -0.25) is 29.5 Å². The number of hydrogen-bond acceptors (Lipinski definition) is 9. The summed E-state index contributed by atoms with van der Waals surface area (Å²) >= 11 is 0. The Hall–Kier alpha value is -2.83. The number of anilines is 2. The highest BCUT2D eigenvalue weighted by Crippen LogP contribution is 2.43. The molecule has 1 aromatic rings. The first-order valence-corrected chi connectivity index (χ1v) is 13.5. The molecule has 0 aromatic carbocycles. The molecule has 1 spiro atoms. The summed E-state index contributed by atoms with van der Waals surface area (Å²) in [6.45, 7) is 3.04. The molecule has 2 saturated heterocycles. The average Bonchev–Trinajstić information content (AvgIpc) is 3.27. The molecule has 3 amide bonds. The van der Waals surface area contributed by atoms with Crippen LogP contribution in [-0.4, -0.2) is 99.7 Å². The van der Waals surface area contributed by atoms with Gasteiger partial charge in [-0.1, -0.05) is 25.7 Å². The quantitative estimate of drug-likeness (QED) is 0.249. The van der Waals surface area contributed by atoms with E-state index in [9.17, 15) is 19.6 Å². The standard InChI is InChI=1S/C25H38N8O4/c1-30-12-13-31(16-25(30)8-9-25)24-26-10-7-21(29-24)28-22(35)20-6-11-27-33(20)23(36)19(15-32(37)17-34)14-18-4-2-3-5-18/h7,10,17-20,27,37H,2-6,8-9,11-16H2,1H3,(H,26,28,29,35). The van der Waals surface area contributed by atoms with E-state index in [-0.39, 0.29) is 23.9 Å². The number of hydrogen-bond donors (Lipinski definition) is 3. The zero-order valence-electron chi connectivity index (χ0n) is 21.5. The van der Waals surface area contributed by atoms with Crippen molar-refractivity contribution in [1.82, 2.24) is 30.4 Å².